The van der Waals surface area contributed by atoms with Crippen molar-refractivity contribution >= 4 is 28.1 Å². The number of hydrogen-bond acceptors (Lipinski definition) is 4. The molecule has 0 aliphatic carbocycles. The van der Waals surface area contributed by atoms with Crippen LogP contribution in [0.2, 0.25) is 0 Å². The van der Waals surface area contributed by atoms with E-state index in [-0.39, 0.29) is 5.82 Å². The lowest BCUT2D eigenvalue weighted by Gasteiger charge is -2.01. The molecule has 98 valence electrons. The van der Waals surface area contributed by atoms with E-state index in [2.05, 4.69) is 36.4 Å². The molecule has 0 atom stereocenters. The highest BCUT2D eigenvalue weighted by Gasteiger charge is 1.99. The number of rotatable bonds is 3. The lowest BCUT2D eigenvalue weighted by atomic mass is 10.2. The van der Waals surface area contributed by atoms with Gasteiger partial charge in [-0.3, -0.25) is 0 Å². The molecule has 0 spiro atoms. The van der Waals surface area contributed by atoms with Gasteiger partial charge in [-0.15, -0.1) is 0 Å². The van der Waals surface area contributed by atoms with Crippen molar-refractivity contribution in [2.45, 2.75) is 13.8 Å². The van der Waals surface area contributed by atoms with Crippen LogP contribution in [0.1, 0.15) is 17.0 Å². The fraction of sp³-hybridized carbons (Fsp3) is 0.154. The van der Waals surface area contributed by atoms with E-state index in [0.717, 1.165) is 17.0 Å². The Labute approximate surface area is 118 Å². The zero-order valence-corrected chi connectivity index (χ0v) is 12.1. The van der Waals surface area contributed by atoms with E-state index in [9.17, 15) is 4.39 Å². The molecule has 2 aromatic rings. The molecule has 0 aliphatic rings. The third-order valence-electron chi connectivity index (χ3n) is 2.30. The number of hydrazone groups is 1. The Morgan fingerprint density at radius 1 is 1.21 bits per heavy atom. The van der Waals surface area contributed by atoms with Gasteiger partial charge in [0.25, 0.3) is 0 Å². The molecule has 0 saturated heterocycles. The van der Waals surface area contributed by atoms with Gasteiger partial charge >= 0.3 is 0 Å². The van der Waals surface area contributed by atoms with Crippen LogP contribution in [-0.2, 0) is 0 Å². The summed E-state index contributed by atoms with van der Waals surface area (Å²) in [6.07, 6.45) is 1.57. The van der Waals surface area contributed by atoms with Gasteiger partial charge in [0.05, 0.1) is 10.7 Å². The molecule has 0 aliphatic heterocycles. The summed E-state index contributed by atoms with van der Waals surface area (Å²) in [7, 11) is 0. The summed E-state index contributed by atoms with van der Waals surface area (Å²) in [5, 5.41) is 4.02. The zero-order valence-electron chi connectivity index (χ0n) is 10.5. The second-order valence-corrected chi connectivity index (χ2v) is 4.87. The van der Waals surface area contributed by atoms with Crippen molar-refractivity contribution in [2.24, 2.45) is 5.10 Å². The van der Waals surface area contributed by atoms with Crippen LogP contribution in [-0.4, -0.2) is 16.2 Å². The number of nitrogens with zero attached hydrogens (tertiary/aromatic N) is 3. The minimum atomic E-state index is -0.303. The molecule has 2 rings (SSSR count). The summed E-state index contributed by atoms with van der Waals surface area (Å²) in [5.41, 5.74) is 5.26. The summed E-state index contributed by atoms with van der Waals surface area (Å²) in [6.45, 7) is 3.78. The Morgan fingerprint density at radius 3 is 2.53 bits per heavy atom. The SMILES string of the molecule is Cc1cc(C)nc(N/N=C\c2ccc(F)c(Br)c2)n1. The molecule has 0 fully saturated rings. The number of nitrogens with one attached hydrogen (secondary N) is 1. The number of aromatic nitrogens is 2. The van der Waals surface area contributed by atoms with Crippen molar-refractivity contribution in [1.82, 2.24) is 9.97 Å². The Bertz CT molecular complexity index is 608. The number of aryl methyl sites for hydroxylation is 2. The van der Waals surface area contributed by atoms with Crippen LogP contribution in [0.5, 0.6) is 0 Å². The fourth-order valence-corrected chi connectivity index (χ4v) is 1.93. The van der Waals surface area contributed by atoms with Crippen LogP contribution in [0.4, 0.5) is 10.3 Å². The maximum atomic E-state index is 13.0. The molecule has 4 nitrogen and oxygen atoms in total. The average Bonchev–Trinajstić information content (AvgIpc) is 2.32. The molecule has 1 aromatic carbocycles. The van der Waals surface area contributed by atoms with Crippen LogP contribution >= 0.6 is 15.9 Å². The van der Waals surface area contributed by atoms with E-state index >= 15 is 0 Å². The van der Waals surface area contributed by atoms with Crippen molar-refractivity contribution in [3.8, 4) is 0 Å². The summed E-state index contributed by atoms with van der Waals surface area (Å²) in [4.78, 5) is 8.38. The smallest absolute Gasteiger partial charge is 0.243 e. The molecule has 1 N–H and O–H groups in total. The second kappa shape index (κ2) is 5.88. The van der Waals surface area contributed by atoms with Gasteiger partial charge in [-0.25, -0.2) is 19.8 Å². The van der Waals surface area contributed by atoms with Gasteiger partial charge < -0.3 is 0 Å². The predicted octanol–water partition coefficient (Wildman–Crippen LogP) is 3.44. The average molecular weight is 323 g/mol. The monoisotopic (exact) mass is 322 g/mol. The summed E-state index contributed by atoms with van der Waals surface area (Å²) < 4.78 is 13.4. The molecule has 6 heteroatoms. The zero-order chi connectivity index (χ0) is 13.8. The predicted molar refractivity (Wildman–Crippen MR) is 76.8 cm³/mol. The van der Waals surface area contributed by atoms with Gasteiger partial charge in [-0.2, -0.15) is 5.10 Å². The summed E-state index contributed by atoms with van der Waals surface area (Å²) in [6, 6.07) is 6.53. The van der Waals surface area contributed by atoms with Crippen LogP contribution in [0.25, 0.3) is 0 Å². The Kier molecular flexibility index (Phi) is 4.21. The van der Waals surface area contributed by atoms with Gasteiger partial charge in [0.2, 0.25) is 5.95 Å². The highest BCUT2D eigenvalue weighted by atomic mass is 79.9. The number of benzene rings is 1. The lowest BCUT2D eigenvalue weighted by molar-refractivity contribution is 0.621. The molecule has 1 heterocycles. The van der Waals surface area contributed by atoms with Crippen molar-refractivity contribution in [2.75, 3.05) is 5.43 Å². The number of anilines is 1. The quantitative estimate of drug-likeness (QED) is 0.695. The molecule has 0 radical (unpaired) electrons. The topological polar surface area (TPSA) is 50.2 Å². The molecule has 0 unspecified atom stereocenters. The molecule has 19 heavy (non-hydrogen) atoms. The van der Waals surface area contributed by atoms with Gasteiger partial charge in [-0.05, 0) is 53.5 Å². The maximum absolute atomic E-state index is 13.0. The molecule has 0 saturated carbocycles. The third-order valence-corrected chi connectivity index (χ3v) is 2.91. The molecule has 0 amide bonds. The molecule has 0 bridgehead atoms. The first-order chi connectivity index (χ1) is 9.04. The third kappa shape index (κ3) is 3.82. The molecular weight excluding hydrogens is 311 g/mol. The second-order valence-electron chi connectivity index (χ2n) is 4.02. The number of halogens is 2. The first kappa shape index (κ1) is 13.6. The van der Waals surface area contributed by atoms with Gasteiger partial charge in [-0.1, -0.05) is 6.07 Å². The van der Waals surface area contributed by atoms with Crippen LogP contribution < -0.4 is 5.43 Å². The van der Waals surface area contributed by atoms with E-state index in [4.69, 9.17) is 0 Å². The van der Waals surface area contributed by atoms with E-state index in [1.54, 1.807) is 18.3 Å². The normalized spacial score (nSPS) is 10.9. The Balaban J connectivity index is 2.08. The Hall–Kier alpha value is -1.82. The summed E-state index contributed by atoms with van der Waals surface area (Å²) >= 11 is 3.12. The van der Waals surface area contributed by atoms with Gasteiger partial charge in [0.15, 0.2) is 0 Å². The molecule has 1 aromatic heterocycles. The van der Waals surface area contributed by atoms with Crippen LogP contribution in [0, 0.1) is 19.7 Å². The van der Waals surface area contributed by atoms with Crippen molar-refractivity contribution in [1.29, 1.82) is 0 Å². The fourth-order valence-electron chi connectivity index (χ4n) is 1.53. The minimum absolute atomic E-state index is 0.303. The minimum Gasteiger partial charge on any atom is -0.245 e. The van der Waals surface area contributed by atoms with E-state index < -0.39 is 0 Å². The first-order valence-electron chi connectivity index (χ1n) is 5.61. The van der Waals surface area contributed by atoms with Crippen molar-refractivity contribution < 1.29 is 4.39 Å². The van der Waals surface area contributed by atoms with Crippen LogP contribution in [0.15, 0.2) is 33.8 Å². The largest absolute Gasteiger partial charge is 0.245 e. The highest BCUT2D eigenvalue weighted by molar-refractivity contribution is 9.10. The van der Waals surface area contributed by atoms with E-state index in [1.165, 1.54) is 6.07 Å². The van der Waals surface area contributed by atoms with Gasteiger partial charge in [0.1, 0.15) is 5.82 Å². The molecular formula is C13H12BrFN4. The van der Waals surface area contributed by atoms with Crippen molar-refractivity contribution in [3.05, 3.63) is 51.5 Å². The van der Waals surface area contributed by atoms with Crippen molar-refractivity contribution in [3.63, 3.8) is 0 Å². The van der Waals surface area contributed by atoms with Gasteiger partial charge in [0, 0.05) is 11.4 Å². The summed E-state index contributed by atoms with van der Waals surface area (Å²) in [5.74, 6) is 0.137. The highest BCUT2D eigenvalue weighted by Crippen LogP contribution is 2.15. The maximum Gasteiger partial charge on any atom is 0.243 e. The lowest BCUT2D eigenvalue weighted by Crippen LogP contribution is -1.99. The number of hydrogen-bond donors (Lipinski definition) is 1. The van der Waals surface area contributed by atoms with Crippen LogP contribution in [0.3, 0.4) is 0 Å². The van der Waals surface area contributed by atoms with E-state index in [0.29, 0.717) is 10.4 Å². The Morgan fingerprint density at radius 2 is 1.89 bits per heavy atom. The standard InChI is InChI=1S/C13H12BrFN4/c1-8-5-9(2)18-13(17-8)19-16-7-10-3-4-12(15)11(14)6-10/h3-7H,1-2H3,(H,17,18,19)/b16-7-. The first-order valence-corrected chi connectivity index (χ1v) is 6.40. The van der Waals surface area contributed by atoms with E-state index in [1.807, 2.05) is 19.9 Å².